The van der Waals surface area contributed by atoms with Crippen molar-refractivity contribution in [1.29, 1.82) is 0 Å². The van der Waals surface area contributed by atoms with Crippen molar-refractivity contribution in [2.75, 3.05) is 13.1 Å². The lowest BCUT2D eigenvalue weighted by molar-refractivity contribution is 0.0935. The Morgan fingerprint density at radius 3 is 1.93 bits per heavy atom. The van der Waals surface area contributed by atoms with Crippen LogP contribution in [0, 0.1) is 0 Å². The van der Waals surface area contributed by atoms with E-state index >= 15 is 0 Å². The molecule has 0 saturated carbocycles. The van der Waals surface area contributed by atoms with Crippen molar-refractivity contribution in [1.82, 2.24) is 24.8 Å². The van der Waals surface area contributed by atoms with Crippen LogP contribution in [0.4, 0.5) is 0 Å². The predicted molar refractivity (Wildman–Crippen MR) is 178 cm³/mol. The minimum atomic E-state index is -0.0466. The van der Waals surface area contributed by atoms with Crippen molar-refractivity contribution < 1.29 is 4.79 Å². The molecule has 43 heavy (non-hydrogen) atoms. The number of carbonyl (C=O) groups excluding carboxylic acids is 1. The van der Waals surface area contributed by atoms with Gasteiger partial charge in [-0.3, -0.25) is 9.69 Å². The molecular formula is C37H37N5O. The number of carbonyl (C=O) groups is 1. The van der Waals surface area contributed by atoms with Gasteiger partial charge in [-0.25, -0.2) is 0 Å². The van der Waals surface area contributed by atoms with Crippen LogP contribution in [0.5, 0.6) is 0 Å². The van der Waals surface area contributed by atoms with E-state index in [0.29, 0.717) is 18.7 Å². The largest absolute Gasteiger partial charge is 0.361 e. The number of hydrogen-bond donors (Lipinski definition) is 3. The first-order valence-corrected chi connectivity index (χ1v) is 15.2. The molecule has 7 rings (SSSR count). The number of fused-ring (bicyclic) bond motifs is 5. The summed E-state index contributed by atoms with van der Waals surface area (Å²) in [6.07, 6.45) is 4.26. The van der Waals surface area contributed by atoms with Crippen LogP contribution in [0.3, 0.4) is 0 Å². The molecule has 3 aromatic heterocycles. The fourth-order valence-electron chi connectivity index (χ4n) is 6.90. The molecule has 6 nitrogen and oxygen atoms in total. The summed E-state index contributed by atoms with van der Waals surface area (Å²) in [5.74, 6) is -0.0466. The van der Waals surface area contributed by atoms with Crippen molar-refractivity contribution >= 4 is 49.5 Å². The zero-order valence-electron chi connectivity index (χ0n) is 24.9. The summed E-state index contributed by atoms with van der Waals surface area (Å²) < 4.78 is 2.31. The van der Waals surface area contributed by atoms with E-state index in [-0.39, 0.29) is 18.0 Å². The average Bonchev–Trinajstić information content (AvgIpc) is 3.76. The highest BCUT2D eigenvalue weighted by molar-refractivity contribution is 6.10. The van der Waals surface area contributed by atoms with Crippen LogP contribution in [0.25, 0.3) is 43.6 Å². The van der Waals surface area contributed by atoms with Crippen LogP contribution in [0.2, 0.25) is 0 Å². The van der Waals surface area contributed by atoms with Crippen LogP contribution in [-0.4, -0.2) is 38.4 Å². The Morgan fingerprint density at radius 2 is 1.30 bits per heavy atom. The summed E-state index contributed by atoms with van der Waals surface area (Å²) in [4.78, 5) is 22.9. The van der Waals surface area contributed by atoms with E-state index in [1.807, 2.05) is 12.1 Å². The topological polar surface area (TPSA) is 68.8 Å². The molecule has 3 N–H and O–H groups in total. The number of aromatic amines is 2. The summed E-state index contributed by atoms with van der Waals surface area (Å²) in [6.45, 7) is 8.80. The van der Waals surface area contributed by atoms with Gasteiger partial charge in [0.1, 0.15) is 0 Å². The third-order valence-corrected chi connectivity index (χ3v) is 9.14. The van der Waals surface area contributed by atoms with Gasteiger partial charge in [0.25, 0.3) is 5.91 Å². The molecule has 0 fully saturated rings. The van der Waals surface area contributed by atoms with Gasteiger partial charge in [0.05, 0.1) is 0 Å². The van der Waals surface area contributed by atoms with Gasteiger partial charge in [-0.1, -0.05) is 54.6 Å². The molecule has 0 radical (unpaired) electrons. The number of hydrogen-bond acceptors (Lipinski definition) is 2. The number of aromatic nitrogens is 3. The fraction of sp³-hybridized carbons (Fsp3) is 0.216. The van der Waals surface area contributed by atoms with Crippen molar-refractivity contribution in [2.24, 2.45) is 0 Å². The van der Waals surface area contributed by atoms with Gasteiger partial charge in [0.2, 0.25) is 0 Å². The Morgan fingerprint density at radius 1 is 0.744 bits per heavy atom. The van der Waals surface area contributed by atoms with E-state index in [0.717, 1.165) is 28.5 Å². The van der Waals surface area contributed by atoms with E-state index in [9.17, 15) is 4.79 Å². The van der Waals surface area contributed by atoms with Gasteiger partial charge in [-0.2, -0.15) is 0 Å². The minimum Gasteiger partial charge on any atom is -0.361 e. The van der Waals surface area contributed by atoms with Gasteiger partial charge >= 0.3 is 0 Å². The number of nitrogens with zero attached hydrogens (tertiary/aromatic N) is 2. The molecule has 0 bridgehead atoms. The monoisotopic (exact) mass is 567 g/mol. The summed E-state index contributed by atoms with van der Waals surface area (Å²) in [7, 11) is 0. The van der Waals surface area contributed by atoms with Crippen LogP contribution in [-0.2, 0) is 6.54 Å². The summed E-state index contributed by atoms with van der Waals surface area (Å²) in [6, 6.07) is 31.6. The number of benzene rings is 4. The maximum absolute atomic E-state index is 13.5. The fourth-order valence-corrected chi connectivity index (χ4v) is 6.90. The first-order chi connectivity index (χ1) is 21.0. The molecule has 216 valence electrons. The molecule has 4 aromatic carbocycles. The highest BCUT2D eigenvalue weighted by Crippen LogP contribution is 2.36. The smallest absolute Gasteiger partial charge is 0.251 e. The highest BCUT2D eigenvalue weighted by Gasteiger charge is 2.26. The lowest BCUT2D eigenvalue weighted by Gasteiger charge is -2.35. The second-order valence-electron chi connectivity index (χ2n) is 11.4. The second kappa shape index (κ2) is 11.1. The number of nitrogens with one attached hydrogen (secondary N) is 3. The molecular weight excluding hydrogens is 530 g/mol. The Kier molecular flexibility index (Phi) is 6.99. The van der Waals surface area contributed by atoms with Gasteiger partial charge in [0, 0.05) is 93.3 Å². The second-order valence-corrected chi connectivity index (χ2v) is 11.4. The van der Waals surface area contributed by atoms with E-state index in [1.165, 1.54) is 32.8 Å². The summed E-state index contributed by atoms with van der Waals surface area (Å²) >= 11 is 0. The molecule has 0 aliphatic carbocycles. The van der Waals surface area contributed by atoms with Gasteiger partial charge in [-0.15, -0.1) is 0 Å². The predicted octanol–water partition coefficient (Wildman–Crippen LogP) is 8.33. The highest BCUT2D eigenvalue weighted by atomic mass is 16.1. The number of para-hydroxylation sites is 3. The van der Waals surface area contributed by atoms with Gasteiger partial charge < -0.3 is 19.9 Å². The molecule has 0 saturated heterocycles. The SMILES string of the molecule is CCn1c2ccccc2c2cc(C(=O)NCCN(C(C)c3c[nH]c4ccccc34)C(C)c3c[nH]c4ccccc34)ccc21. The Balaban J connectivity index is 1.16. The van der Waals surface area contributed by atoms with E-state index in [1.54, 1.807) is 0 Å². The van der Waals surface area contributed by atoms with Gasteiger partial charge in [-0.05, 0) is 68.3 Å². The minimum absolute atomic E-state index is 0.0466. The lowest BCUT2D eigenvalue weighted by atomic mass is 10.00. The third kappa shape index (κ3) is 4.68. The van der Waals surface area contributed by atoms with Crippen LogP contribution >= 0.6 is 0 Å². The van der Waals surface area contributed by atoms with Crippen LogP contribution in [0.15, 0.2) is 103 Å². The summed E-state index contributed by atoms with van der Waals surface area (Å²) in [5.41, 5.74) is 7.83. The zero-order valence-corrected chi connectivity index (χ0v) is 24.9. The van der Waals surface area contributed by atoms with Crippen molar-refractivity contribution in [3.05, 3.63) is 120 Å². The number of H-pyrrole nitrogens is 2. The molecule has 2 unspecified atom stereocenters. The van der Waals surface area contributed by atoms with Crippen molar-refractivity contribution in [2.45, 2.75) is 39.4 Å². The average molecular weight is 568 g/mol. The normalized spacial score (nSPS) is 13.4. The Bertz CT molecular complexity index is 2000. The standard InChI is InChI=1S/C37H37N5O/c1-4-41-35-16-10-7-13-29(35)30-21-26(17-18-36(30)41)37(43)38-19-20-42(24(2)31-22-39-33-14-8-5-11-27(31)33)25(3)32-23-40-34-15-9-6-12-28(32)34/h5-18,21-25,39-40H,4,19-20H2,1-3H3,(H,38,43). The number of rotatable bonds is 9. The molecule has 3 heterocycles. The number of aryl methyl sites for hydroxylation is 1. The molecule has 2 atom stereocenters. The lowest BCUT2D eigenvalue weighted by Crippen LogP contribution is -2.37. The molecule has 7 aromatic rings. The van der Waals surface area contributed by atoms with Gasteiger partial charge in [0.15, 0.2) is 0 Å². The quantitative estimate of drug-likeness (QED) is 0.164. The molecule has 0 aliphatic heterocycles. The first kappa shape index (κ1) is 27.0. The van der Waals surface area contributed by atoms with Crippen molar-refractivity contribution in [3.8, 4) is 0 Å². The Labute approximate surface area is 251 Å². The van der Waals surface area contributed by atoms with Crippen LogP contribution < -0.4 is 5.32 Å². The molecule has 0 aliphatic rings. The number of amides is 1. The van der Waals surface area contributed by atoms with E-state index in [2.05, 4.69) is 137 Å². The Hall–Kier alpha value is -4.81. The van der Waals surface area contributed by atoms with Crippen molar-refractivity contribution in [3.63, 3.8) is 0 Å². The maximum atomic E-state index is 13.5. The summed E-state index contributed by atoms with van der Waals surface area (Å²) in [5, 5.41) is 8.00. The zero-order chi connectivity index (χ0) is 29.5. The van der Waals surface area contributed by atoms with E-state index < -0.39 is 0 Å². The molecule has 0 spiro atoms. The molecule has 6 heteroatoms. The van der Waals surface area contributed by atoms with E-state index in [4.69, 9.17) is 0 Å². The van der Waals surface area contributed by atoms with Crippen LogP contribution in [0.1, 0.15) is 54.3 Å². The molecule has 1 amide bonds. The maximum Gasteiger partial charge on any atom is 0.251 e. The third-order valence-electron chi connectivity index (χ3n) is 9.14. The first-order valence-electron chi connectivity index (χ1n) is 15.2.